The smallest absolute Gasteiger partial charge is 0.414 e. The van der Waals surface area contributed by atoms with Gasteiger partial charge in [-0.05, 0) is 55.8 Å². The maximum Gasteiger partial charge on any atom is 0.414 e. The van der Waals surface area contributed by atoms with Gasteiger partial charge in [-0.3, -0.25) is 14.5 Å². The fraction of sp³-hybridized carbons (Fsp3) is 0.318. The van der Waals surface area contributed by atoms with Crippen molar-refractivity contribution in [3.8, 4) is 5.75 Å². The average Bonchev–Trinajstić information content (AvgIpc) is 3.14. The number of cyclic esters (lactones) is 1. The quantitative estimate of drug-likeness (QED) is 0.683. The van der Waals surface area contributed by atoms with Crippen LogP contribution in [0.15, 0.2) is 42.5 Å². The van der Waals surface area contributed by atoms with Gasteiger partial charge in [0.05, 0.1) is 13.2 Å². The molecule has 1 N–H and O–H groups in total. The number of ether oxygens (including phenoxy) is 2. The van der Waals surface area contributed by atoms with Crippen LogP contribution in [-0.2, 0) is 9.53 Å². The van der Waals surface area contributed by atoms with E-state index in [1.54, 1.807) is 30.3 Å². The molecule has 29 heavy (non-hydrogen) atoms. The van der Waals surface area contributed by atoms with Crippen molar-refractivity contribution >= 4 is 29.2 Å². The van der Waals surface area contributed by atoms with E-state index in [2.05, 4.69) is 5.32 Å². The highest BCUT2D eigenvalue weighted by Crippen LogP contribution is 2.26. The second kappa shape index (κ2) is 9.23. The van der Waals surface area contributed by atoms with Crippen LogP contribution in [0.2, 0.25) is 0 Å². The summed E-state index contributed by atoms with van der Waals surface area (Å²) in [6, 6.07) is 12.3. The zero-order valence-corrected chi connectivity index (χ0v) is 16.6. The third-order valence-electron chi connectivity index (χ3n) is 4.63. The van der Waals surface area contributed by atoms with Crippen LogP contribution in [-0.4, -0.2) is 37.5 Å². The molecule has 0 radical (unpaired) electrons. The lowest BCUT2D eigenvalue weighted by molar-refractivity contribution is -0.116. The van der Waals surface area contributed by atoms with Gasteiger partial charge in [0, 0.05) is 29.8 Å². The SMILES string of the molecule is CCOc1ccc(C(=O)CCC(=O)Nc2cc(N3CCOC3=O)ccc2C)cc1. The van der Waals surface area contributed by atoms with Crippen molar-refractivity contribution in [2.45, 2.75) is 26.7 Å². The highest BCUT2D eigenvalue weighted by Gasteiger charge is 2.24. The van der Waals surface area contributed by atoms with Crippen LogP contribution in [0, 0.1) is 6.92 Å². The van der Waals surface area contributed by atoms with Crippen LogP contribution in [0.3, 0.4) is 0 Å². The van der Waals surface area contributed by atoms with Crippen molar-refractivity contribution in [1.29, 1.82) is 0 Å². The number of carbonyl (C=O) groups is 3. The number of nitrogens with zero attached hydrogens (tertiary/aromatic N) is 1. The molecule has 0 bridgehead atoms. The number of ketones is 1. The molecular formula is C22H24N2O5. The third kappa shape index (κ3) is 5.13. The zero-order valence-electron chi connectivity index (χ0n) is 16.6. The Labute approximate surface area is 169 Å². The van der Waals surface area contributed by atoms with Gasteiger partial charge in [-0.2, -0.15) is 0 Å². The molecule has 2 aromatic carbocycles. The highest BCUT2D eigenvalue weighted by atomic mass is 16.6. The molecule has 1 fully saturated rings. The number of rotatable bonds is 8. The topological polar surface area (TPSA) is 84.9 Å². The summed E-state index contributed by atoms with van der Waals surface area (Å²) in [7, 11) is 0. The van der Waals surface area contributed by atoms with Crippen molar-refractivity contribution in [3.05, 3.63) is 53.6 Å². The maximum atomic E-state index is 12.3. The first-order chi connectivity index (χ1) is 14.0. The lowest BCUT2D eigenvalue weighted by atomic mass is 10.1. The van der Waals surface area contributed by atoms with Gasteiger partial charge >= 0.3 is 6.09 Å². The molecule has 0 aromatic heterocycles. The Morgan fingerprint density at radius 1 is 1.14 bits per heavy atom. The van der Waals surface area contributed by atoms with Gasteiger partial charge < -0.3 is 14.8 Å². The molecule has 2 aromatic rings. The molecule has 1 saturated heterocycles. The van der Waals surface area contributed by atoms with E-state index >= 15 is 0 Å². The van der Waals surface area contributed by atoms with Gasteiger partial charge in [0.1, 0.15) is 12.4 Å². The Kier molecular flexibility index (Phi) is 6.49. The molecule has 2 amide bonds. The first-order valence-electron chi connectivity index (χ1n) is 9.59. The van der Waals surface area contributed by atoms with E-state index in [9.17, 15) is 14.4 Å². The van der Waals surface area contributed by atoms with Crippen LogP contribution in [0.4, 0.5) is 16.2 Å². The average molecular weight is 396 g/mol. The number of Topliss-reactive ketones (excluding diaryl/α,β-unsaturated/α-hetero) is 1. The van der Waals surface area contributed by atoms with Crippen LogP contribution < -0.4 is 15.0 Å². The molecule has 1 aliphatic heterocycles. The molecule has 0 unspecified atom stereocenters. The van der Waals surface area contributed by atoms with E-state index in [-0.39, 0.29) is 24.5 Å². The van der Waals surface area contributed by atoms with Gasteiger partial charge in [0.25, 0.3) is 0 Å². The summed E-state index contributed by atoms with van der Waals surface area (Å²) in [6.07, 6.45) is -0.217. The Morgan fingerprint density at radius 2 is 1.90 bits per heavy atom. The lowest BCUT2D eigenvalue weighted by Crippen LogP contribution is -2.23. The van der Waals surface area contributed by atoms with Gasteiger partial charge in [0.15, 0.2) is 5.78 Å². The number of anilines is 2. The molecule has 3 rings (SSSR count). The number of carbonyl (C=O) groups excluding carboxylic acids is 3. The number of benzene rings is 2. The second-order valence-electron chi connectivity index (χ2n) is 6.69. The van der Waals surface area contributed by atoms with Crippen LogP contribution in [0.5, 0.6) is 5.75 Å². The number of aryl methyl sites for hydroxylation is 1. The molecule has 0 saturated carbocycles. The molecule has 0 spiro atoms. The van der Waals surface area contributed by atoms with E-state index in [0.29, 0.717) is 42.4 Å². The molecule has 7 nitrogen and oxygen atoms in total. The monoisotopic (exact) mass is 396 g/mol. The summed E-state index contributed by atoms with van der Waals surface area (Å²) in [5, 5.41) is 2.83. The Bertz CT molecular complexity index is 908. The van der Waals surface area contributed by atoms with E-state index in [4.69, 9.17) is 9.47 Å². The Morgan fingerprint density at radius 3 is 2.55 bits per heavy atom. The second-order valence-corrected chi connectivity index (χ2v) is 6.69. The predicted octanol–water partition coefficient (Wildman–Crippen LogP) is 3.95. The van der Waals surface area contributed by atoms with E-state index in [0.717, 1.165) is 5.56 Å². The normalized spacial score (nSPS) is 13.2. The minimum Gasteiger partial charge on any atom is -0.494 e. The van der Waals surface area contributed by atoms with E-state index in [1.165, 1.54) is 4.90 Å². The molecule has 1 aliphatic rings. The highest BCUT2D eigenvalue weighted by molar-refractivity contribution is 6.00. The summed E-state index contributed by atoms with van der Waals surface area (Å²) >= 11 is 0. The number of hydrogen-bond donors (Lipinski definition) is 1. The predicted molar refractivity (Wildman–Crippen MR) is 110 cm³/mol. The number of hydrogen-bond acceptors (Lipinski definition) is 5. The van der Waals surface area contributed by atoms with Gasteiger partial charge in [0.2, 0.25) is 5.91 Å². The van der Waals surface area contributed by atoms with Crippen molar-refractivity contribution in [2.24, 2.45) is 0 Å². The fourth-order valence-corrected chi connectivity index (χ4v) is 3.03. The third-order valence-corrected chi connectivity index (χ3v) is 4.63. The first kappa shape index (κ1) is 20.4. The van der Waals surface area contributed by atoms with Crippen molar-refractivity contribution in [3.63, 3.8) is 0 Å². The molecule has 152 valence electrons. The summed E-state index contributed by atoms with van der Waals surface area (Å²) in [4.78, 5) is 37.9. The van der Waals surface area contributed by atoms with Crippen molar-refractivity contribution in [1.82, 2.24) is 0 Å². The zero-order chi connectivity index (χ0) is 20.8. The number of nitrogens with one attached hydrogen (secondary N) is 1. The molecular weight excluding hydrogens is 372 g/mol. The molecule has 1 heterocycles. The summed E-state index contributed by atoms with van der Waals surface area (Å²) < 4.78 is 10.3. The van der Waals surface area contributed by atoms with Gasteiger partial charge in [-0.1, -0.05) is 6.07 Å². The summed E-state index contributed by atoms with van der Waals surface area (Å²) in [5.74, 6) is 0.348. The van der Waals surface area contributed by atoms with Crippen LogP contribution >= 0.6 is 0 Å². The van der Waals surface area contributed by atoms with Crippen LogP contribution in [0.1, 0.15) is 35.7 Å². The Balaban J connectivity index is 1.57. The summed E-state index contributed by atoms with van der Waals surface area (Å²) in [5.41, 5.74) is 2.69. The molecule has 7 heteroatoms. The fourth-order valence-electron chi connectivity index (χ4n) is 3.03. The van der Waals surface area contributed by atoms with E-state index < -0.39 is 6.09 Å². The van der Waals surface area contributed by atoms with Gasteiger partial charge in [-0.25, -0.2) is 4.79 Å². The van der Waals surface area contributed by atoms with E-state index in [1.807, 2.05) is 26.0 Å². The lowest BCUT2D eigenvalue weighted by Gasteiger charge is -2.16. The molecule has 0 atom stereocenters. The summed E-state index contributed by atoms with van der Waals surface area (Å²) in [6.45, 7) is 5.15. The minimum absolute atomic E-state index is 0.0709. The standard InChI is InChI=1S/C22H24N2O5/c1-3-28-18-8-5-16(6-9-18)20(25)10-11-21(26)23-19-14-17(7-4-15(19)2)24-12-13-29-22(24)27/h4-9,14H,3,10-13H2,1-2H3,(H,23,26). The first-order valence-corrected chi connectivity index (χ1v) is 9.59. The van der Waals surface area contributed by atoms with Crippen molar-refractivity contribution in [2.75, 3.05) is 30.0 Å². The Hall–Kier alpha value is -3.35. The van der Waals surface area contributed by atoms with Crippen molar-refractivity contribution < 1.29 is 23.9 Å². The van der Waals surface area contributed by atoms with Gasteiger partial charge in [-0.15, -0.1) is 0 Å². The molecule has 0 aliphatic carbocycles. The minimum atomic E-state index is -0.396. The number of amides is 2. The maximum absolute atomic E-state index is 12.3. The van der Waals surface area contributed by atoms with Crippen LogP contribution in [0.25, 0.3) is 0 Å². The largest absolute Gasteiger partial charge is 0.494 e.